The molecule has 0 radical (unpaired) electrons. The SMILES string of the molecule is COc1cc(C(=O)NCC2CCCN2C)ccc1N. The number of rotatable bonds is 4. The quantitative estimate of drug-likeness (QED) is 0.798. The fraction of sp³-hybridized carbons (Fsp3) is 0.500. The summed E-state index contributed by atoms with van der Waals surface area (Å²) in [6, 6.07) is 5.52. The van der Waals surface area contributed by atoms with Crippen molar-refractivity contribution in [2.75, 3.05) is 33.0 Å². The highest BCUT2D eigenvalue weighted by molar-refractivity contribution is 5.95. The van der Waals surface area contributed by atoms with Gasteiger partial charge in [-0.2, -0.15) is 0 Å². The fourth-order valence-electron chi connectivity index (χ4n) is 2.40. The van der Waals surface area contributed by atoms with E-state index in [1.807, 2.05) is 0 Å². The Balaban J connectivity index is 1.96. The molecule has 1 unspecified atom stereocenters. The second-order valence-corrected chi connectivity index (χ2v) is 4.94. The standard InChI is InChI=1S/C14H21N3O2/c1-17-7-3-4-11(17)9-16-14(18)10-5-6-12(15)13(8-10)19-2/h5-6,8,11H,3-4,7,9,15H2,1-2H3,(H,16,18). The normalized spacial score (nSPS) is 19.4. The summed E-state index contributed by atoms with van der Waals surface area (Å²) in [5.41, 5.74) is 6.84. The van der Waals surface area contributed by atoms with Gasteiger partial charge in [0.1, 0.15) is 5.75 Å². The molecular weight excluding hydrogens is 242 g/mol. The smallest absolute Gasteiger partial charge is 0.251 e. The Morgan fingerprint density at radius 1 is 1.58 bits per heavy atom. The number of nitrogens with two attached hydrogens (primary N) is 1. The third-order valence-electron chi connectivity index (χ3n) is 3.67. The molecule has 0 aliphatic carbocycles. The molecule has 1 atom stereocenters. The molecule has 0 spiro atoms. The predicted molar refractivity (Wildman–Crippen MR) is 75.4 cm³/mol. The van der Waals surface area contributed by atoms with Gasteiger partial charge >= 0.3 is 0 Å². The number of nitrogens with zero attached hydrogens (tertiary/aromatic N) is 1. The second kappa shape index (κ2) is 5.93. The van der Waals surface area contributed by atoms with Gasteiger partial charge in [0.05, 0.1) is 12.8 Å². The maximum absolute atomic E-state index is 12.1. The van der Waals surface area contributed by atoms with Gasteiger partial charge in [-0.1, -0.05) is 0 Å². The highest BCUT2D eigenvalue weighted by atomic mass is 16.5. The molecular formula is C14H21N3O2. The van der Waals surface area contributed by atoms with Crippen LogP contribution in [0.4, 0.5) is 5.69 Å². The van der Waals surface area contributed by atoms with E-state index in [1.165, 1.54) is 6.42 Å². The minimum absolute atomic E-state index is 0.0846. The summed E-state index contributed by atoms with van der Waals surface area (Å²) in [5.74, 6) is 0.448. The van der Waals surface area contributed by atoms with Crippen molar-refractivity contribution >= 4 is 11.6 Å². The van der Waals surface area contributed by atoms with E-state index in [-0.39, 0.29) is 5.91 Å². The summed E-state index contributed by atoms with van der Waals surface area (Å²) in [6.07, 6.45) is 2.34. The van der Waals surface area contributed by atoms with Gasteiger partial charge < -0.3 is 20.7 Å². The molecule has 1 aliphatic rings. The molecule has 3 N–H and O–H groups in total. The van der Waals surface area contributed by atoms with Crippen LogP contribution in [0.2, 0.25) is 0 Å². The highest BCUT2D eigenvalue weighted by Crippen LogP contribution is 2.22. The molecule has 0 bridgehead atoms. The number of carbonyl (C=O) groups is 1. The van der Waals surface area contributed by atoms with E-state index in [0.29, 0.717) is 29.6 Å². The van der Waals surface area contributed by atoms with Gasteiger partial charge in [0.15, 0.2) is 0 Å². The molecule has 104 valence electrons. The average molecular weight is 263 g/mol. The van der Waals surface area contributed by atoms with Crippen LogP contribution >= 0.6 is 0 Å². The summed E-state index contributed by atoms with van der Waals surface area (Å²) in [4.78, 5) is 14.3. The van der Waals surface area contributed by atoms with Gasteiger partial charge in [0.25, 0.3) is 5.91 Å². The van der Waals surface area contributed by atoms with E-state index in [1.54, 1.807) is 25.3 Å². The molecule has 0 aromatic heterocycles. The van der Waals surface area contributed by atoms with Crippen LogP contribution in [0.5, 0.6) is 5.75 Å². The largest absolute Gasteiger partial charge is 0.495 e. The Morgan fingerprint density at radius 2 is 2.37 bits per heavy atom. The van der Waals surface area contributed by atoms with Gasteiger partial charge in [-0.05, 0) is 44.6 Å². The van der Waals surface area contributed by atoms with Crippen molar-refractivity contribution in [3.05, 3.63) is 23.8 Å². The Bertz CT molecular complexity index is 462. The molecule has 0 saturated carbocycles. The molecule has 5 heteroatoms. The maximum Gasteiger partial charge on any atom is 0.251 e. The van der Waals surface area contributed by atoms with E-state index in [0.717, 1.165) is 13.0 Å². The lowest BCUT2D eigenvalue weighted by Crippen LogP contribution is -2.38. The molecule has 1 aromatic carbocycles. The van der Waals surface area contributed by atoms with Crippen molar-refractivity contribution < 1.29 is 9.53 Å². The molecule has 2 rings (SSSR count). The Hall–Kier alpha value is -1.75. The highest BCUT2D eigenvalue weighted by Gasteiger charge is 2.21. The molecule has 1 amide bonds. The minimum Gasteiger partial charge on any atom is -0.495 e. The second-order valence-electron chi connectivity index (χ2n) is 4.94. The van der Waals surface area contributed by atoms with Gasteiger partial charge in [-0.15, -0.1) is 0 Å². The van der Waals surface area contributed by atoms with Crippen LogP contribution in [0.25, 0.3) is 0 Å². The molecule has 1 aliphatic heterocycles. The van der Waals surface area contributed by atoms with Gasteiger partial charge in [-0.3, -0.25) is 4.79 Å². The summed E-state index contributed by atoms with van der Waals surface area (Å²) >= 11 is 0. The van der Waals surface area contributed by atoms with Crippen LogP contribution in [-0.2, 0) is 0 Å². The first-order valence-corrected chi connectivity index (χ1v) is 6.53. The number of benzene rings is 1. The fourth-order valence-corrected chi connectivity index (χ4v) is 2.40. The number of likely N-dealkylation sites (tertiary alicyclic amines) is 1. The van der Waals surface area contributed by atoms with Gasteiger partial charge in [-0.25, -0.2) is 0 Å². The first kappa shape index (κ1) is 13.7. The Kier molecular flexibility index (Phi) is 4.27. The first-order valence-electron chi connectivity index (χ1n) is 6.53. The lowest BCUT2D eigenvalue weighted by atomic mass is 10.1. The number of hydrogen-bond acceptors (Lipinski definition) is 4. The zero-order valence-corrected chi connectivity index (χ0v) is 11.5. The van der Waals surface area contributed by atoms with E-state index in [4.69, 9.17) is 10.5 Å². The Morgan fingerprint density at radius 3 is 3.00 bits per heavy atom. The lowest BCUT2D eigenvalue weighted by Gasteiger charge is -2.19. The summed E-state index contributed by atoms with van der Waals surface area (Å²) in [5, 5.41) is 2.97. The first-order chi connectivity index (χ1) is 9.11. The summed E-state index contributed by atoms with van der Waals surface area (Å²) in [6.45, 7) is 1.79. The topological polar surface area (TPSA) is 67.6 Å². The van der Waals surface area contributed by atoms with Crippen LogP contribution in [-0.4, -0.2) is 44.1 Å². The van der Waals surface area contributed by atoms with Crippen molar-refractivity contribution in [2.45, 2.75) is 18.9 Å². The van der Waals surface area contributed by atoms with Crippen LogP contribution in [0.3, 0.4) is 0 Å². The third-order valence-corrected chi connectivity index (χ3v) is 3.67. The minimum atomic E-state index is -0.0846. The number of anilines is 1. The van der Waals surface area contributed by atoms with Crippen LogP contribution < -0.4 is 15.8 Å². The van der Waals surface area contributed by atoms with E-state index in [2.05, 4.69) is 17.3 Å². The predicted octanol–water partition coefficient (Wildman–Crippen LogP) is 1.10. The summed E-state index contributed by atoms with van der Waals surface area (Å²) < 4.78 is 5.12. The molecule has 5 nitrogen and oxygen atoms in total. The van der Waals surface area contributed by atoms with Crippen molar-refractivity contribution in [2.24, 2.45) is 0 Å². The monoisotopic (exact) mass is 263 g/mol. The van der Waals surface area contributed by atoms with Crippen molar-refractivity contribution in [3.63, 3.8) is 0 Å². The van der Waals surface area contributed by atoms with Crippen LogP contribution in [0, 0.1) is 0 Å². The zero-order chi connectivity index (χ0) is 13.8. The average Bonchev–Trinajstić information content (AvgIpc) is 2.82. The van der Waals surface area contributed by atoms with Crippen molar-refractivity contribution in [3.8, 4) is 5.75 Å². The maximum atomic E-state index is 12.1. The van der Waals surface area contributed by atoms with E-state index >= 15 is 0 Å². The van der Waals surface area contributed by atoms with Gasteiger partial charge in [0.2, 0.25) is 0 Å². The van der Waals surface area contributed by atoms with E-state index in [9.17, 15) is 4.79 Å². The molecule has 1 saturated heterocycles. The van der Waals surface area contributed by atoms with Crippen molar-refractivity contribution in [1.82, 2.24) is 10.2 Å². The van der Waals surface area contributed by atoms with Crippen LogP contribution in [0.1, 0.15) is 23.2 Å². The molecule has 19 heavy (non-hydrogen) atoms. The van der Waals surface area contributed by atoms with Crippen molar-refractivity contribution in [1.29, 1.82) is 0 Å². The number of nitrogen functional groups attached to an aromatic ring is 1. The number of likely N-dealkylation sites (N-methyl/N-ethyl adjacent to an activating group) is 1. The number of nitrogens with one attached hydrogen (secondary N) is 1. The third kappa shape index (κ3) is 3.17. The summed E-state index contributed by atoms with van der Waals surface area (Å²) in [7, 11) is 3.64. The van der Waals surface area contributed by atoms with Crippen LogP contribution in [0.15, 0.2) is 18.2 Å². The molecule has 1 aromatic rings. The van der Waals surface area contributed by atoms with E-state index < -0.39 is 0 Å². The lowest BCUT2D eigenvalue weighted by molar-refractivity contribution is 0.0943. The number of ether oxygens (including phenoxy) is 1. The van der Waals surface area contributed by atoms with Gasteiger partial charge in [0, 0.05) is 18.2 Å². The Labute approximate surface area is 113 Å². The number of carbonyl (C=O) groups excluding carboxylic acids is 1. The number of hydrogen-bond donors (Lipinski definition) is 2. The number of methoxy groups -OCH3 is 1. The molecule has 1 fully saturated rings. The molecule has 1 heterocycles. The number of amides is 1. The zero-order valence-electron chi connectivity index (χ0n) is 11.5.